The van der Waals surface area contributed by atoms with Crippen LogP contribution in [0.2, 0.25) is 0 Å². The molecular formula is C12H18FN3O2. The fourth-order valence-corrected chi connectivity index (χ4v) is 1.64. The first-order valence-electron chi connectivity index (χ1n) is 5.79. The van der Waals surface area contributed by atoms with Gasteiger partial charge in [-0.2, -0.15) is 0 Å². The minimum atomic E-state index is -0.594. The van der Waals surface area contributed by atoms with Crippen molar-refractivity contribution < 1.29 is 9.31 Å². The second-order valence-corrected chi connectivity index (χ2v) is 4.28. The van der Waals surface area contributed by atoms with Gasteiger partial charge in [0, 0.05) is 25.7 Å². The van der Waals surface area contributed by atoms with Gasteiger partial charge in [0.1, 0.15) is 0 Å². The highest BCUT2D eigenvalue weighted by atomic mass is 19.1. The molecular weight excluding hydrogens is 237 g/mol. The van der Waals surface area contributed by atoms with Gasteiger partial charge in [0.05, 0.1) is 16.7 Å². The molecule has 0 bridgehead atoms. The molecule has 0 heterocycles. The fraction of sp³-hybridized carbons (Fsp3) is 0.500. The summed E-state index contributed by atoms with van der Waals surface area (Å²) < 4.78 is 13.8. The Kier molecular flexibility index (Phi) is 5.03. The number of hydrogen-bond donors (Lipinski definition) is 0. The van der Waals surface area contributed by atoms with E-state index in [2.05, 4.69) is 0 Å². The summed E-state index contributed by atoms with van der Waals surface area (Å²) in [5.41, 5.74) is 0.185. The van der Waals surface area contributed by atoms with E-state index in [1.807, 2.05) is 30.8 Å². The van der Waals surface area contributed by atoms with E-state index >= 15 is 0 Å². The van der Waals surface area contributed by atoms with Crippen molar-refractivity contribution >= 4 is 11.4 Å². The highest BCUT2D eigenvalue weighted by Crippen LogP contribution is 2.23. The zero-order valence-electron chi connectivity index (χ0n) is 10.9. The van der Waals surface area contributed by atoms with Gasteiger partial charge in [-0.15, -0.1) is 0 Å². The van der Waals surface area contributed by atoms with Crippen LogP contribution >= 0.6 is 0 Å². The largest absolute Gasteiger partial charge is 0.368 e. The number of rotatable bonds is 6. The van der Waals surface area contributed by atoms with Gasteiger partial charge >= 0.3 is 0 Å². The maximum absolute atomic E-state index is 13.8. The van der Waals surface area contributed by atoms with Gasteiger partial charge in [0.15, 0.2) is 5.82 Å². The lowest BCUT2D eigenvalue weighted by Gasteiger charge is -2.25. The summed E-state index contributed by atoms with van der Waals surface area (Å²) in [4.78, 5) is 13.8. The molecule has 18 heavy (non-hydrogen) atoms. The zero-order valence-corrected chi connectivity index (χ0v) is 10.9. The van der Waals surface area contributed by atoms with E-state index in [0.29, 0.717) is 18.8 Å². The van der Waals surface area contributed by atoms with Crippen molar-refractivity contribution in [1.29, 1.82) is 0 Å². The Bertz CT molecular complexity index is 424. The first kappa shape index (κ1) is 14.4. The van der Waals surface area contributed by atoms with Crippen molar-refractivity contribution in [3.05, 3.63) is 34.1 Å². The average Bonchev–Trinajstić information content (AvgIpc) is 2.30. The molecule has 1 aromatic rings. The molecule has 100 valence electrons. The van der Waals surface area contributed by atoms with Gasteiger partial charge in [0.2, 0.25) is 0 Å². The Balaban J connectivity index is 2.89. The van der Waals surface area contributed by atoms with Crippen LogP contribution in [0.1, 0.15) is 6.92 Å². The second-order valence-electron chi connectivity index (χ2n) is 4.28. The highest BCUT2D eigenvalue weighted by Gasteiger charge is 2.14. The van der Waals surface area contributed by atoms with E-state index in [1.54, 1.807) is 0 Å². The molecule has 1 rings (SSSR count). The summed E-state index contributed by atoms with van der Waals surface area (Å²) in [5.74, 6) is -0.551. The minimum Gasteiger partial charge on any atom is -0.368 e. The Labute approximate surface area is 106 Å². The number of nitro benzene ring substituents is 1. The van der Waals surface area contributed by atoms with Gasteiger partial charge in [-0.25, -0.2) is 4.39 Å². The molecule has 0 spiro atoms. The van der Waals surface area contributed by atoms with E-state index < -0.39 is 10.7 Å². The van der Waals surface area contributed by atoms with Crippen molar-refractivity contribution in [2.45, 2.75) is 6.92 Å². The first-order valence-corrected chi connectivity index (χ1v) is 5.79. The summed E-state index contributed by atoms with van der Waals surface area (Å²) in [6.45, 7) is 4.06. The van der Waals surface area contributed by atoms with Crippen LogP contribution in [0, 0.1) is 15.9 Å². The van der Waals surface area contributed by atoms with Crippen LogP contribution in [0.25, 0.3) is 0 Å². The highest BCUT2D eigenvalue weighted by molar-refractivity contribution is 5.52. The number of likely N-dealkylation sites (N-methyl/N-ethyl adjacent to an activating group) is 2. The third-order valence-corrected chi connectivity index (χ3v) is 2.68. The summed E-state index contributed by atoms with van der Waals surface area (Å²) in [5, 5.41) is 10.5. The second kappa shape index (κ2) is 6.30. The number of nitro groups is 1. The SMILES string of the molecule is CCN(CCN(C)C)c1ccc([N+](=O)[O-])cc1F. The molecule has 0 N–H and O–H groups in total. The van der Waals surface area contributed by atoms with E-state index in [4.69, 9.17) is 0 Å². The molecule has 0 saturated carbocycles. The lowest BCUT2D eigenvalue weighted by molar-refractivity contribution is -0.385. The molecule has 6 heteroatoms. The van der Waals surface area contributed by atoms with Crippen molar-refractivity contribution in [2.24, 2.45) is 0 Å². The van der Waals surface area contributed by atoms with Crippen LogP contribution in [0.5, 0.6) is 0 Å². The predicted octanol–water partition coefficient (Wildman–Crippen LogP) is 2.12. The predicted molar refractivity (Wildman–Crippen MR) is 69.5 cm³/mol. The third kappa shape index (κ3) is 3.66. The summed E-state index contributed by atoms with van der Waals surface area (Å²) in [6.07, 6.45) is 0. The standard InChI is InChI=1S/C12H18FN3O2/c1-4-15(8-7-14(2)3)12-6-5-10(16(17)18)9-11(12)13/h5-6,9H,4,7-8H2,1-3H3. The Hall–Kier alpha value is -1.69. The number of non-ortho nitro benzene ring substituents is 1. The normalized spacial score (nSPS) is 10.7. The molecule has 0 aliphatic rings. The first-order chi connectivity index (χ1) is 8.45. The van der Waals surface area contributed by atoms with Crippen LogP contribution in [0.15, 0.2) is 18.2 Å². The number of halogens is 1. The van der Waals surface area contributed by atoms with E-state index in [0.717, 1.165) is 12.6 Å². The van der Waals surface area contributed by atoms with Crippen LogP contribution in [0.3, 0.4) is 0 Å². The molecule has 5 nitrogen and oxygen atoms in total. The van der Waals surface area contributed by atoms with Crippen LogP contribution < -0.4 is 4.90 Å². The lowest BCUT2D eigenvalue weighted by atomic mass is 10.2. The molecule has 0 aromatic heterocycles. The number of anilines is 1. The van der Waals surface area contributed by atoms with Crippen LogP contribution in [-0.4, -0.2) is 43.6 Å². The van der Waals surface area contributed by atoms with Gasteiger partial charge < -0.3 is 9.80 Å². The molecule has 0 aliphatic heterocycles. The Morgan fingerprint density at radius 2 is 2.00 bits per heavy atom. The van der Waals surface area contributed by atoms with Crippen molar-refractivity contribution in [1.82, 2.24) is 4.90 Å². The summed E-state index contributed by atoms with van der Waals surface area (Å²) in [7, 11) is 3.89. The molecule has 0 fully saturated rings. The number of benzene rings is 1. The number of nitrogens with zero attached hydrogens (tertiary/aromatic N) is 3. The van der Waals surface area contributed by atoms with Gasteiger partial charge in [-0.05, 0) is 27.1 Å². The monoisotopic (exact) mass is 255 g/mol. The van der Waals surface area contributed by atoms with E-state index in [9.17, 15) is 14.5 Å². The average molecular weight is 255 g/mol. The summed E-state index contributed by atoms with van der Waals surface area (Å²) >= 11 is 0. The molecule has 0 atom stereocenters. The van der Waals surface area contributed by atoms with Crippen molar-refractivity contribution in [2.75, 3.05) is 38.6 Å². The Morgan fingerprint density at radius 1 is 1.33 bits per heavy atom. The molecule has 0 saturated heterocycles. The molecule has 0 radical (unpaired) electrons. The topological polar surface area (TPSA) is 49.6 Å². The van der Waals surface area contributed by atoms with Gasteiger partial charge in [-0.3, -0.25) is 10.1 Å². The zero-order chi connectivity index (χ0) is 13.7. The molecule has 1 aromatic carbocycles. The number of hydrogen-bond acceptors (Lipinski definition) is 4. The minimum absolute atomic E-state index is 0.222. The van der Waals surface area contributed by atoms with Crippen molar-refractivity contribution in [3.8, 4) is 0 Å². The van der Waals surface area contributed by atoms with Crippen molar-refractivity contribution in [3.63, 3.8) is 0 Å². The van der Waals surface area contributed by atoms with Crippen LogP contribution in [0.4, 0.5) is 15.8 Å². The smallest absolute Gasteiger partial charge is 0.272 e. The fourth-order valence-electron chi connectivity index (χ4n) is 1.64. The maximum Gasteiger partial charge on any atom is 0.272 e. The lowest BCUT2D eigenvalue weighted by Crippen LogP contribution is -2.32. The Morgan fingerprint density at radius 3 is 2.44 bits per heavy atom. The molecule has 0 amide bonds. The van der Waals surface area contributed by atoms with E-state index in [-0.39, 0.29) is 5.69 Å². The third-order valence-electron chi connectivity index (χ3n) is 2.68. The van der Waals surface area contributed by atoms with Gasteiger partial charge in [-0.1, -0.05) is 0 Å². The summed E-state index contributed by atoms with van der Waals surface area (Å²) in [6, 6.07) is 3.76. The maximum atomic E-state index is 13.8. The van der Waals surface area contributed by atoms with E-state index in [1.165, 1.54) is 12.1 Å². The quantitative estimate of drug-likeness (QED) is 0.577. The van der Waals surface area contributed by atoms with Gasteiger partial charge in [0.25, 0.3) is 5.69 Å². The molecule has 0 aliphatic carbocycles. The molecule has 0 unspecified atom stereocenters. The van der Waals surface area contributed by atoms with Crippen LogP contribution in [-0.2, 0) is 0 Å².